The monoisotopic (exact) mass is 390 g/mol. The first-order valence-electron chi connectivity index (χ1n) is 10.4. The van der Waals surface area contributed by atoms with E-state index >= 15 is 0 Å². The molecule has 0 fully saturated rings. The molecule has 0 amide bonds. The van der Waals surface area contributed by atoms with Crippen LogP contribution in [0.25, 0.3) is 27.8 Å². The molecule has 0 saturated heterocycles. The molecule has 3 rings (SSSR count). The predicted molar refractivity (Wildman–Crippen MR) is 129 cm³/mol. The molecule has 3 aromatic rings. The Bertz CT molecular complexity index is 923. The zero-order valence-electron chi connectivity index (χ0n) is 18.5. The molecular formula is C27H34S. The van der Waals surface area contributed by atoms with Crippen LogP contribution in [0.5, 0.6) is 0 Å². The summed E-state index contributed by atoms with van der Waals surface area (Å²) < 4.78 is 0. The van der Waals surface area contributed by atoms with Crippen LogP contribution in [-0.2, 0) is 6.42 Å². The van der Waals surface area contributed by atoms with Crippen molar-refractivity contribution in [3.05, 3.63) is 76.0 Å². The zero-order valence-corrected chi connectivity index (χ0v) is 19.3. The van der Waals surface area contributed by atoms with Crippen molar-refractivity contribution < 1.29 is 0 Å². The lowest BCUT2D eigenvalue weighted by Crippen LogP contribution is -1.96. The summed E-state index contributed by atoms with van der Waals surface area (Å²) in [6.45, 7) is 19.3. The van der Waals surface area contributed by atoms with E-state index in [1.54, 1.807) is 11.3 Å². The van der Waals surface area contributed by atoms with Crippen molar-refractivity contribution in [2.24, 2.45) is 0 Å². The fourth-order valence-electron chi connectivity index (χ4n) is 3.59. The molecular weight excluding hydrogens is 356 g/mol. The Balaban J connectivity index is 0.00000136. The van der Waals surface area contributed by atoms with Crippen LogP contribution in [0.4, 0.5) is 0 Å². The second-order valence-electron chi connectivity index (χ2n) is 7.37. The molecule has 0 nitrogen and oxygen atoms in total. The molecule has 2 aromatic carbocycles. The number of rotatable bonds is 5. The third kappa shape index (κ3) is 4.47. The summed E-state index contributed by atoms with van der Waals surface area (Å²) in [6, 6.07) is 15.9. The van der Waals surface area contributed by atoms with Crippen LogP contribution in [0.2, 0.25) is 0 Å². The number of hydrogen-bond donors (Lipinski definition) is 0. The van der Waals surface area contributed by atoms with Crippen LogP contribution in [0.3, 0.4) is 0 Å². The Morgan fingerprint density at radius 1 is 0.964 bits per heavy atom. The lowest BCUT2D eigenvalue weighted by atomic mass is 9.85. The SMILES string of the molecule is C=C(C)c1sccc1-c1c(C)ccc(CC)c1-c1ccc(C(C)C)cc1.CC. The van der Waals surface area contributed by atoms with Crippen LogP contribution in [0.1, 0.15) is 69.0 Å². The Labute approximate surface area is 176 Å². The van der Waals surface area contributed by atoms with Gasteiger partial charge in [-0.25, -0.2) is 0 Å². The van der Waals surface area contributed by atoms with Crippen molar-refractivity contribution in [3.8, 4) is 22.3 Å². The van der Waals surface area contributed by atoms with Gasteiger partial charge >= 0.3 is 0 Å². The second-order valence-corrected chi connectivity index (χ2v) is 8.28. The van der Waals surface area contributed by atoms with Gasteiger partial charge in [0.2, 0.25) is 0 Å². The number of benzene rings is 2. The summed E-state index contributed by atoms with van der Waals surface area (Å²) in [5, 5.41) is 2.18. The average Bonchev–Trinajstić information content (AvgIpc) is 3.19. The van der Waals surface area contributed by atoms with Gasteiger partial charge in [-0.3, -0.25) is 0 Å². The van der Waals surface area contributed by atoms with Crippen molar-refractivity contribution >= 4 is 16.9 Å². The molecule has 0 unspecified atom stereocenters. The number of hydrogen-bond acceptors (Lipinski definition) is 1. The maximum absolute atomic E-state index is 4.20. The van der Waals surface area contributed by atoms with E-state index in [9.17, 15) is 0 Å². The van der Waals surface area contributed by atoms with Crippen molar-refractivity contribution in [1.29, 1.82) is 0 Å². The van der Waals surface area contributed by atoms with Crippen LogP contribution < -0.4 is 0 Å². The van der Waals surface area contributed by atoms with Gasteiger partial charge in [0, 0.05) is 10.4 Å². The molecule has 0 bridgehead atoms. The van der Waals surface area contributed by atoms with Gasteiger partial charge in [0.15, 0.2) is 0 Å². The third-order valence-corrected chi connectivity index (χ3v) is 6.15. The largest absolute Gasteiger partial charge is 0.144 e. The lowest BCUT2D eigenvalue weighted by Gasteiger charge is -2.19. The summed E-state index contributed by atoms with van der Waals surface area (Å²) in [7, 11) is 0. The van der Waals surface area contributed by atoms with Crippen LogP contribution in [0, 0.1) is 6.92 Å². The van der Waals surface area contributed by atoms with Gasteiger partial charge in [0.05, 0.1) is 0 Å². The van der Waals surface area contributed by atoms with E-state index in [1.165, 1.54) is 43.8 Å². The van der Waals surface area contributed by atoms with Gasteiger partial charge in [-0.05, 0) is 76.6 Å². The standard InChI is InChI=1S/C25H28S.C2H6/c1-7-19-9-8-18(6)23(22-14-15-26-25(22)17(4)5)24(19)21-12-10-20(11-13-21)16(2)3;1-2/h8-16H,4,7H2,1-3,5-6H3;1-2H3. The Morgan fingerprint density at radius 2 is 1.61 bits per heavy atom. The fourth-order valence-corrected chi connectivity index (χ4v) is 4.43. The molecule has 1 heteroatoms. The van der Waals surface area contributed by atoms with Gasteiger partial charge in [-0.2, -0.15) is 0 Å². The molecule has 0 radical (unpaired) electrons. The number of aryl methyl sites for hydroxylation is 2. The maximum Gasteiger partial charge on any atom is 0.0372 e. The summed E-state index contributed by atoms with van der Waals surface area (Å²) in [4.78, 5) is 1.29. The van der Waals surface area contributed by atoms with E-state index in [2.05, 4.69) is 89.0 Å². The molecule has 0 N–H and O–H groups in total. The molecule has 0 aliphatic rings. The molecule has 0 saturated carbocycles. The molecule has 0 aliphatic heterocycles. The van der Waals surface area contributed by atoms with Crippen LogP contribution >= 0.6 is 11.3 Å². The first-order chi connectivity index (χ1) is 13.4. The molecule has 0 aliphatic carbocycles. The summed E-state index contributed by atoms with van der Waals surface area (Å²) in [5.74, 6) is 0.554. The highest BCUT2D eigenvalue weighted by molar-refractivity contribution is 7.11. The minimum Gasteiger partial charge on any atom is -0.144 e. The molecule has 0 atom stereocenters. The highest BCUT2D eigenvalue weighted by Crippen LogP contribution is 2.42. The summed E-state index contributed by atoms with van der Waals surface area (Å²) in [5.41, 5.74) is 10.6. The Kier molecular flexibility index (Phi) is 7.83. The van der Waals surface area contributed by atoms with Crippen molar-refractivity contribution in [1.82, 2.24) is 0 Å². The van der Waals surface area contributed by atoms with Crippen molar-refractivity contribution in [3.63, 3.8) is 0 Å². The smallest absolute Gasteiger partial charge is 0.0372 e. The molecule has 28 heavy (non-hydrogen) atoms. The fraction of sp³-hybridized carbons (Fsp3) is 0.333. The van der Waals surface area contributed by atoms with Gasteiger partial charge in [-0.1, -0.05) is 77.6 Å². The third-order valence-electron chi connectivity index (χ3n) is 5.07. The van der Waals surface area contributed by atoms with E-state index in [0.717, 1.165) is 12.0 Å². The van der Waals surface area contributed by atoms with Crippen LogP contribution in [0.15, 0.2) is 54.4 Å². The second kappa shape index (κ2) is 9.89. The highest BCUT2D eigenvalue weighted by atomic mass is 32.1. The molecule has 0 spiro atoms. The average molecular weight is 391 g/mol. The maximum atomic E-state index is 4.20. The minimum absolute atomic E-state index is 0.554. The van der Waals surface area contributed by atoms with E-state index in [0.29, 0.717) is 5.92 Å². The molecule has 1 heterocycles. The van der Waals surface area contributed by atoms with E-state index in [-0.39, 0.29) is 0 Å². The van der Waals surface area contributed by atoms with Crippen LogP contribution in [-0.4, -0.2) is 0 Å². The van der Waals surface area contributed by atoms with Gasteiger partial charge in [0.25, 0.3) is 0 Å². The quantitative estimate of drug-likeness (QED) is 0.407. The topological polar surface area (TPSA) is 0 Å². The lowest BCUT2D eigenvalue weighted by molar-refractivity contribution is 0.867. The van der Waals surface area contributed by atoms with E-state index < -0.39 is 0 Å². The zero-order chi connectivity index (χ0) is 20.8. The normalized spacial score (nSPS) is 10.6. The van der Waals surface area contributed by atoms with Crippen molar-refractivity contribution in [2.45, 2.75) is 60.8 Å². The Morgan fingerprint density at radius 3 is 2.14 bits per heavy atom. The summed E-state index contributed by atoms with van der Waals surface area (Å²) in [6.07, 6.45) is 1.03. The molecule has 148 valence electrons. The first-order valence-corrected chi connectivity index (χ1v) is 11.3. The van der Waals surface area contributed by atoms with E-state index in [1.807, 2.05) is 13.8 Å². The predicted octanol–water partition coefficient (Wildman–Crippen LogP) is 9.14. The van der Waals surface area contributed by atoms with Gasteiger partial charge < -0.3 is 0 Å². The number of thiophene rings is 1. The summed E-state index contributed by atoms with van der Waals surface area (Å²) >= 11 is 1.79. The molecule has 1 aromatic heterocycles. The van der Waals surface area contributed by atoms with Gasteiger partial charge in [-0.15, -0.1) is 11.3 Å². The van der Waals surface area contributed by atoms with E-state index in [4.69, 9.17) is 0 Å². The minimum atomic E-state index is 0.554. The number of allylic oxidation sites excluding steroid dienone is 1. The first kappa shape index (κ1) is 22.2. The Hall–Kier alpha value is -2.12. The van der Waals surface area contributed by atoms with Crippen molar-refractivity contribution in [2.75, 3.05) is 0 Å². The highest BCUT2D eigenvalue weighted by Gasteiger charge is 2.18. The van der Waals surface area contributed by atoms with Gasteiger partial charge in [0.1, 0.15) is 0 Å².